The maximum atomic E-state index is 13.8. The molecule has 4 aromatic rings. The first-order valence-electron chi connectivity index (χ1n) is 14.3. The van der Waals surface area contributed by atoms with Gasteiger partial charge in [-0.1, -0.05) is 23.7 Å². The van der Waals surface area contributed by atoms with Crippen LogP contribution in [-0.4, -0.2) is 61.0 Å². The highest BCUT2D eigenvalue weighted by atomic mass is 35.5. The number of halogens is 1. The van der Waals surface area contributed by atoms with Crippen LogP contribution in [0.3, 0.4) is 0 Å². The van der Waals surface area contributed by atoms with Crippen molar-refractivity contribution in [3.8, 4) is 5.75 Å². The van der Waals surface area contributed by atoms with E-state index in [4.69, 9.17) is 25.5 Å². The third kappa shape index (κ3) is 5.58. The zero-order valence-electron chi connectivity index (χ0n) is 24.1. The number of hydrogen-bond donors (Lipinski definition) is 1. The highest BCUT2D eigenvalue weighted by Gasteiger charge is 2.36. The Labute approximate surface area is 257 Å². The molecule has 6 rings (SSSR count). The molecule has 0 bridgehead atoms. The van der Waals surface area contributed by atoms with Crippen molar-refractivity contribution in [2.24, 2.45) is 0 Å². The monoisotopic (exact) mass is 616 g/mol. The van der Waals surface area contributed by atoms with Crippen molar-refractivity contribution in [1.82, 2.24) is 10.3 Å². The Balaban J connectivity index is 1.24. The van der Waals surface area contributed by atoms with E-state index in [9.17, 15) is 19.2 Å². The number of aromatic nitrogens is 1. The van der Waals surface area contributed by atoms with Crippen molar-refractivity contribution < 1.29 is 33.1 Å². The van der Waals surface area contributed by atoms with Crippen LogP contribution in [0.25, 0.3) is 11.0 Å². The molecular formula is C32H29ClN4O7. The fourth-order valence-corrected chi connectivity index (χ4v) is 5.58. The number of para-hydroxylation sites is 2. The van der Waals surface area contributed by atoms with Crippen molar-refractivity contribution in [3.05, 3.63) is 82.3 Å². The van der Waals surface area contributed by atoms with E-state index >= 15 is 0 Å². The number of nitrogens with one attached hydrogen (secondary N) is 1. The molecule has 2 aromatic carbocycles. The highest BCUT2D eigenvalue weighted by Crippen LogP contribution is 2.41. The van der Waals surface area contributed by atoms with Crippen molar-refractivity contribution >= 4 is 57.7 Å². The SMILES string of the molecule is CCOC(=O)CNC(=O)c1oc2cc(Cl)c(C(=O)Oc3ccncc3C(=O)N3CCN(C4CC4)c4ccccc43)cc2c1C. The molecule has 1 saturated carbocycles. The number of aryl methyl sites for hydroxylation is 1. The third-order valence-corrected chi connectivity index (χ3v) is 7.96. The van der Waals surface area contributed by atoms with Gasteiger partial charge in [-0.25, -0.2) is 4.79 Å². The van der Waals surface area contributed by atoms with Gasteiger partial charge < -0.3 is 29.0 Å². The van der Waals surface area contributed by atoms with Crippen LogP contribution >= 0.6 is 11.6 Å². The van der Waals surface area contributed by atoms with Crippen molar-refractivity contribution in [3.63, 3.8) is 0 Å². The van der Waals surface area contributed by atoms with Gasteiger partial charge in [0.1, 0.15) is 23.4 Å². The molecule has 0 unspecified atom stereocenters. The molecule has 12 heteroatoms. The van der Waals surface area contributed by atoms with Gasteiger partial charge in [-0.15, -0.1) is 0 Å². The molecule has 1 aliphatic heterocycles. The average Bonchev–Trinajstić information content (AvgIpc) is 3.82. The van der Waals surface area contributed by atoms with E-state index < -0.39 is 17.8 Å². The molecule has 1 N–H and O–H groups in total. The summed E-state index contributed by atoms with van der Waals surface area (Å²) >= 11 is 6.45. The lowest BCUT2D eigenvalue weighted by Crippen LogP contribution is -2.45. The van der Waals surface area contributed by atoms with Crippen LogP contribution < -0.4 is 19.9 Å². The molecule has 1 fully saturated rings. The smallest absolute Gasteiger partial charge is 0.345 e. The number of furan rings is 1. The Morgan fingerprint density at radius 2 is 1.84 bits per heavy atom. The minimum absolute atomic E-state index is 0.0140. The third-order valence-electron chi connectivity index (χ3n) is 7.64. The van der Waals surface area contributed by atoms with E-state index in [1.54, 1.807) is 18.7 Å². The first-order valence-corrected chi connectivity index (χ1v) is 14.6. The van der Waals surface area contributed by atoms with E-state index in [0.717, 1.165) is 24.2 Å². The van der Waals surface area contributed by atoms with Gasteiger partial charge in [0.25, 0.3) is 11.8 Å². The van der Waals surface area contributed by atoms with Gasteiger partial charge in [0.05, 0.1) is 28.6 Å². The Kier molecular flexibility index (Phi) is 7.96. The lowest BCUT2D eigenvalue weighted by molar-refractivity contribution is -0.141. The summed E-state index contributed by atoms with van der Waals surface area (Å²) in [5.41, 5.74) is 2.65. The first-order chi connectivity index (χ1) is 21.3. The van der Waals surface area contributed by atoms with Gasteiger partial charge in [0, 0.05) is 54.6 Å². The summed E-state index contributed by atoms with van der Waals surface area (Å²) in [6.45, 7) is 4.36. The molecule has 0 radical (unpaired) electrons. The molecule has 0 atom stereocenters. The van der Waals surface area contributed by atoms with Crippen molar-refractivity contribution in [1.29, 1.82) is 0 Å². The van der Waals surface area contributed by atoms with Gasteiger partial charge in [0.2, 0.25) is 0 Å². The number of fused-ring (bicyclic) bond motifs is 2. The maximum absolute atomic E-state index is 13.8. The highest BCUT2D eigenvalue weighted by molar-refractivity contribution is 6.34. The van der Waals surface area contributed by atoms with Crippen LogP contribution in [0.1, 0.15) is 56.6 Å². The van der Waals surface area contributed by atoms with E-state index in [1.807, 2.05) is 24.3 Å². The second-order valence-corrected chi connectivity index (χ2v) is 10.9. The van der Waals surface area contributed by atoms with Crippen LogP contribution in [0, 0.1) is 6.92 Å². The number of benzene rings is 2. The van der Waals surface area contributed by atoms with Crippen LogP contribution in [-0.2, 0) is 9.53 Å². The van der Waals surface area contributed by atoms with E-state index in [2.05, 4.69) is 15.2 Å². The summed E-state index contributed by atoms with van der Waals surface area (Å²) in [5.74, 6) is -2.33. The summed E-state index contributed by atoms with van der Waals surface area (Å²) in [6.07, 6.45) is 5.10. The fourth-order valence-electron chi connectivity index (χ4n) is 5.35. The number of anilines is 2. The van der Waals surface area contributed by atoms with Crippen molar-refractivity contribution in [2.75, 3.05) is 36.0 Å². The molecule has 2 aromatic heterocycles. The Bertz CT molecular complexity index is 1800. The van der Waals surface area contributed by atoms with Gasteiger partial charge >= 0.3 is 11.9 Å². The molecule has 2 amide bonds. The number of esters is 2. The Morgan fingerprint density at radius 3 is 2.59 bits per heavy atom. The second kappa shape index (κ2) is 12.0. The average molecular weight is 617 g/mol. The van der Waals surface area contributed by atoms with Crippen LogP contribution in [0.2, 0.25) is 5.02 Å². The maximum Gasteiger partial charge on any atom is 0.345 e. The standard InChI is InChI=1S/C32H29ClN4O7/c1-3-42-28(38)17-35-30(39)29-18(2)20-14-21(23(33)15-27(20)43-29)32(41)44-26-10-11-34-16-22(26)31(40)37-13-12-36(19-8-9-19)24-6-4-5-7-25(24)37/h4-7,10-11,14-16,19H,3,8-9,12-13,17H2,1-2H3,(H,35,39). The van der Waals surface area contributed by atoms with Gasteiger partial charge in [-0.3, -0.25) is 19.4 Å². The molecule has 226 valence electrons. The fraction of sp³-hybridized carbons (Fsp3) is 0.281. The molecule has 11 nitrogen and oxygen atoms in total. The van der Waals surface area contributed by atoms with E-state index in [0.29, 0.717) is 30.1 Å². The quantitative estimate of drug-likeness (QED) is 0.274. The summed E-state index contributed by atoms with van der Waals surface area (Å²) in [4.78, 5) is 59.7. The predicted octanol–water partition coefficient (Wildman–Crippen LogP) is 4.93. The minimum atomic E-state index is -0.801. The number of carbonyl (C=O) groups excluding carboxylic acids is 4. The number of amides is 2. The zero-order chi connectivity index (χ0) is 31.0. The van der Waals surface area contributed by atoms with E-state index in [-0.39, 0.29) is 52.3 Å². The predicted molar refractivity (Wildman–Crippen MR) is 163 cm³/mol. The molecule has 0 spiro atoms. The number of hydrogen-bond acceptors (Lipinski definition) is 9. The lowest BCUT2D eigenvalue weighted by Gasteiger charge is -2.38. The van der Waals surface area contributed by atoms with Crippen LogP contribution in [0.15, 0.2) is 59.3 Å². The zero-order valence-corrected chi connectivity index (χ0v) is 24.8. The number of carbonyl (C=O) groups is 4. The summed E-state index contributed by atoms with van der Waals surface area (Å²) in [7, 11) is 0. The Hall–Kier alpha value is -4.90. The second-order valence-electron chi connectivity index (χ2n) is 10.5. The molecule has 0 saturated heterocycles. The summed E-state index contributed by atoms with van der Waals surface area (Å²) in [5, 5.41) is 2.94. The van der Waals surface area contributed by atoms with Crippen LogP contribution in [0.5, 0.6) is 5.75 Å². The summed E-state index contributed by atoms with van der Waals surface area (Å²) in [6, 6.07) is 12.6. The first kappa shape index (κ1) is 29.2. The molecule has 3 heterocycles. The topological polar surface area (TPSA) is 131 Å². The van der Waals surface area contributed by atoms with E-state index in [1.165, 1.54) is 30.6 Å². The Morgan fingerprint density at radius 1 is 1.07 bits per heavy atom. The number of pyridine rings is 1. The van der Waals surface area contributed by atoms with Gasteiger partial charge in [-0.05, 0) is 44.9 Å². The summed E-state index contributed by atoms with van der Waals surface area (Å²) < 4.78 is 16.3. The number of rotatable bonds is 8. The normalized spacial score (nSPS) is 14.2. The van der Waals surface area contributed by atoms with Crippen LogP contribution in [0.4, 0.5) is 11.4 Å². The van der Waals surface area contributed by atoms with Gasteiger partial charge in [-0.2, -0.15) is 0 Å². The molecule has 44 heavy (non-hydrogen) atoms. The molecular weight excluding hydrogens is 588 g/mol. The molecule has 1 aliphatic carbocycles. The largest absolute Gasteiger partial charge is 0.465 e. The number of ether oxygens (including phenoxy) is 2. The minimum Gasteiger partial charge on any atom is -0.465 e. The number of nitrogens with zero attached hydrogens (tertiary/aromatic N) is 3. The molecule has 2 aliphatic rings. The van der Waals surface area contributed by atoms with Crippen molar-refractivity contribution in [2.45, 2.75) is 32.7 Å². The van der Waals surface area contributed by atoms with Gasteiger partial charge in [0.15, 0.2) is 5.76 Å². The lowest BCUT2D eigenvalue weighted by atomic mass is 10.1.